The largest absolute Gasteiger partial charge is 0.480 e. The van der Waals surface area contributed by atoms with E-state index in [0.29, 0.717) is 5.56 Å². The van der Waals surface area contributed by atoms with Crippen LogP contribution in [0, 0.1) is 6.92 Å². The van der Waals surface area contributed by atoms with Crippen LogP contribution in [0.4, 0.5) is 0 Å². The summed E-state index contributed by atoms with van der Waals surface area (Å²) >= 11 is 0. The fraction of sp³-hybridized carbons (Fsp3) is 0.250. The van der Waals surface area contributed by atoms with Gasteiger partial charge >= 0.3 is 5.97 Å². The van der Waals surface area contributed by atoms with Crippen LogP contribution in [0.5, 0.6) is 0 Å². The van der Waals surface area contributed by atoms with Crippen molar-refractivity contribution in [2.24, 2.45) is 0 Å². The van der Waals surface area contributed by atoms with Crippen molar-refractivity contribution in [1.82, 2.24) is 5.32 Å². The van der Waals surface area contributed by atoms with Crippen LogP contribution in [-0.2, 0) is 9.53 Å². The lowest BCUT2D eigenvalue weighted by molar-refractivity contribution is -0.139. The summed E-state index contributed by atoms with van der Waals surface area (Å²) in [5.41, 5.74) is 1.85. The summed E-state index contributed by atoms with van der Waals surface area (Å²) < 4.78 is 4.87. The Bertz CT molecular complexity index is 798. The first-order chi connectivity index (χ1) is 12.4. The predicted octanol–water partition coefficient (Wildman–Crippen LogP) is 2.45. The third-order valence-electron chi connectivity index (χ3n) is 3.94. The van der Waals surface area contributed by atoms with E-state index in [2.05, 4.69) is 5.32 Å². The number of carboxylic acid groups (broad SMARTS) is 1. The van der Waals surface area contributed by atoms with Crippen LogP contribution in [0.15, 0.2) is 48.5 Å². The SMILES string of the molecule is COCCC(NC(=O)c1ccccc1C(=O)c1ccc(C)cc1)C(=O)O. The van der Waals surface area contributed by atoms with Crippen molar-refractivity contribution >= 4 is 17.7 Å². The van der Waals surface area contributed by atoms with Crippen LogP contribution in [0.3, 0.4) is 0 Å². The van der Waals surface area contributed by atoms with Crippen LogP contribution in [0.1, 0.15) is 38.3 Å². The second-order valence-corrected chi connectivity index (χ2v) is 5.89. The van der Waals surface area contributed by atoms with E-state index in [9.17, 15) is 19.5 Å². The number of methoxy groups -OCH3 is 1. The Morgan fingerprint density at radius 1 is 1.04 bits per heavy atom. The van der Waals surface area contributed by atoms with Gasteiger partial charge in [0.25, 0.3) is 5.91 Å². The minimum absolute atomic E-state index is 0.131. The average molecular weight is 355 g/mol. The molecule has 0 aromatic heterocycles. The Hall–Kier alpha value is -2.99. The number of hydrogen-bond donors (Lipinski definition) is 2. The van der Waals surface area contributed by atoms with Crippen molar-refractivity contribution in [2.75, 3.05) is 13.7 Å². The molecule has 1 unspecified atom stereocenters. The molecule has 2 aromatic carbocycles. The molecule has 26 heavy (non-hydrogen) atoms. The second kappa shape index (κ2) is 8.92. The summed E-state index contributed by atoms with van der Waals surface area (Å²) in [5.74, 6) is -2.05. The number of carboxylic acids is 1. The summed E-state index contributed by atoms with van der Waals surface area (Å²) in [7, 11) is 1.45. The highest BCUT2D eigenvalue weighted by Gasteiger charge is 2.23. The summed E-state index contributed by atoms with van der Waals surface area (Å²) in [6.07, 6.45) is 0.131. The second-order valence-electron chi connectivity index (χ2n) is 5.89. The molecule has 0 fully saturated rings. The number of rotatable bonds is 8. The Labute approximate surface area is 151 Å². The first kappa shape index (κ1) is 19.3. The van der Waals surface area contributed by atoms with Crippen molar-refractivity contribution in [3.05, 3.63) is 70.8 Å². The molecule has 0 spiro atoms. The van der Waals surface area contributed by atoms with Crippen molar-refractivity contribution < 1.29 is 24.2 Å². The molecule has 0 saturated heterocycles. The van der Waals surface area contributed by atoms with Gasteiger partial charge in [0.2, 0.25) is 0 Å². The lowest BCUT2D eigenvalue weighted by Gasteiger charge is -2.15. The van der Waals surface area contributed by atoms with Gasteiger partial charge in [-0.3, -0.25) is 9.59 Å². The Kier molecular flexibility index (Phi) is 6.63. The molecule has 0 heterocycles. The van der Waals surface area contributed by atoms with E-state index in [1.54, 1.807) is 30.3 Å². The van der Waals surface area contributed by atoms with Gasteiger partial charge in [0.15, 0.2) is 5.78 Å². The van der Waals surface area contributed by atoms with Crippen LogP contribution in [-0.4, -0.2) is 42.5 Å². The number of hydrogen-bond acceptors (Lipinski definition) is 4. The number of amides is 1. The molecule has 2 rings (SSSR count). The number of aliphatic carboxylic acids is 1. The maximum absolute atomic E-state index is 12.8. The Balaban J connectivity index is 2.27. The third-order valence-corrected chi connectivity index (χ3v) is 3.94. The molecule has 0 aliphatic carbocycles. The monoisotopic (exact) mass is 355 g/mol. The van der Waals surface area contributed by atoms with E-state index in [0.717, 1.165) is 5.56 Å². The van der Waals surface area contributed by atoms with Crippen LogP contribution >= 0.6 is 0 Å². The van der Waals surface area contributed by atoms with Gasteiger partial charge in [-0.15, -0.1) is 0 Å². The summed E-state index contributed by atoms with van der Waals surface area (Å²) in [4.78, 5) is 36.6. The zero-order valence-corrected chi connectivity index (χ0v) is 14.7. The van der Waals surface area contributed by atoms with Crippen LogP contribution < -0.4 is 5.32 Å². The minimum atomic E-state index is -1.15. The topological polar surface area (TPSA) is 92.7 Å². The molecule has 136 valence electrons. The minimum Gasteiger partial charge on any atom is -0.480 e. The van der Waals surface area contributed by atoms with Crippen LogP contribution in [0.25, 0.3) is 0 Å². The van der Waals surface area contributed by atoms with Gasteiger partial charge in [-0.1, -0.05) is 48.0 Å². The van der Waals surface area contributed by atoms with Gasteiger partial charge in [0, 0.05) is 31.3 Å². The van der Waals surface area contributed by atoms with Crippen molar-refractivity contribution in [2.45, 2.75) is 19.4 Å². The zero-order chi connectivity index (χ0) is 19.1. The van der Waals surface area contributed by atoms with E-state index in [-0.39, 0.29) is 29.9 Å². The molecule has 1 amide bonds. The molecule has 2 aromatic rings. The number of ketones is 1. The molecule has 6 nitrogen and oxygen atoms in total. The number of carbonyl (C=O) groups excluding carboxylic acids is 2. The zero-order valence-electron chi connectivity index (χ0n) is 14.7. The maximum atomic E-state index is 12.8. The Morgan fingerprint density at radius 3 is 2.23 bits per heavy atom. The summed E-state index contributed by atoms with van der Waals surface area (Å²) in [5, 5.41) is 11.7. The molecule has 2 N–H and O–H groups in total. The normalized spacial score (nSPS) is 11.6. The highest BCUT2D eigenvalue weighted by atomic mass is 16.5. The lowest BCUT2D eigenvalue weighted by atomic mass is 9.97. The molecular weight excluding hydrogens is 334 g/mol. The number of benzene rings is 2. The highest BCUT2D eigenvalue weighted by molar-refractivity contribution is 6.15. The van der Waals surface area contributed by atoms with Crippen molar-refractivity contribution in [1.29, 1.82) is 0 Å². The summed E-state index contributed by atoms with van der Waals surface area (Å²) in [6.45, 7) is 2.11. The van der Waals surface area contributed by atoms with Gasteiger partial charge in [0.1, 0.15) is 6.04 Å². The van der Waals surface area contributed by atoms with Gasteiger partial charge < -0.3 is 15.2 Å². The van der Waals surface area contributed by atoms with Gasteiger partial charge in [0.05, 0.1) is 5.56 Å². The molecule has 6 heteroatoms. The number of nitrogens with one attached hydrogen (secondary N) is 1. The standard InChI is InChI=1S/C20H21NO5/c1-13-7-9-14(10-8-13)18(22)15-5-3-4-6-16(15)19(23)21-17(20(24)25)11-12-26-2/h3-10,17H,11-12H2,1-2H3,(H,21,23)(H,24,25). The van der Waals surface area contributed by atoms with Gasteiger partial charge in [-0.25, -0.2) is 4.79 Å². The Morgan fingerprint density at radius 2 is 1.65 bits per heavy atom. The number of carbonyl (C=O) groups is 3. The first-order valence-corrected chi connectivity index (χ1v) is 8.17. The van der Waals surface area contributed by atoms with E-state index in [4.69, 9.17) is 4.74 Å². The van der Waals surface area contributed by atoms with Gasteiger partial charge in [-0.2, -0.15) is 0 Å². The fourth-order valence-corrected chi connectivity index (χ4v) is 2.47. The molecular formula is C20H21NO5. The third kappa shape index (κ3) is 4.77. The predicted molar refractivity (Wildman–Crippen MR) is 96.4 cm³/mol. The molecule has 0 radical (unpaired) electrons. The van der Waals surface area contributed by atoms with Gasteiger partial charge in [-0.05, 0) is 13.0 Å². The number of aryl methyl sites for hydroxylation is 1. The maximum Gasteiger partial charge on any atom is 0.326 e. The van der Waals surface area contributed by atoms with Crippen molar-refractivity contribution in [3.8, 4) is 0 Å². The fourth-order valence-electron chi connectivity index (χ4n) is 2.47. The van der Waals surface area contributed by atoms with E-state index >= 15 is 0 Å². The average Bonchev–Trinajstić information content (AvgIpc) is 2.64. The van der Waals surface area contributed by atoms with E-state index in [1.165, 1.54) is 13.2 Å². The highest BCUT2D eigenvalue weighted by Crippen LogP contribution is 2.16. The quantitative estimate of drug-likeness (QED) is 0.710. The molecule has 0 saturated carbocycles. The first-order valence-electron chi connectivity index (χ1n) is 8.17. The molecule has 1 atom stereocenters. The molecule has 0 bridgehead atoms. The van der Waals surface area contributed by atoms with E-state index in [1.807, 2.05) is 19.1 Å². The molecule has 0 aliphatic heterocycles. The summed E-state index contributed by atoms with van der Waals surface area (Å²) in [6, 6.07) is 12.3. The number of ether oxygens (including phenoxy) is 1. The van der Waals surface area contributed by atoms with Crippen LogP contribution in [0.2, 0.25) is 0 Å². The molecule has 0 aliphatic rings. The van der Waals surface area contributed by atoms with E-state index < -0.39 is 17.9 Å². The van der Waals surface area contributed by atoms with Crippen molar-refractivity contribution in [3.63, 3.8) is 0 Å². The lowest BCUT2D eigenvalue weighted by Crippen LogP contribution is -2.42. The smallest absolute Gasteiger partial charge is 0.326 e.